The maximum atomic E-state index is 15.2. The fourth-order valence-electron chi connectivity index (χ4n) is 5.94. The Kier molecular flexibility index (Phi) is 6.09. The molecule has 0 amide bonds. The van der Waals surface area contributed by atoms with Crippen LogP contribution in [0.3, 0.4) is 0 Å². The van der Waals surface area contributed by atoms with Crippen LogP contribution in [0.5, 0.6) is 0 Å². The molecule has 0 saturated carbocycles. The Hall–Kier alpha value is -2.63. The number of hydrogen-bond acceptors (Lipinski definition) is 8. The van der Waals surface area contributed by atoms with Crippen molar-refractivity contribution in [2.75, 3.05) is 64.0 Å². The van der Waals surface area contributed by atoms with Crippen LogP contribution >= 0.6 is 11.3 Å². The molecule has 3 aliphatic heterocycles. The second-order valence-electron chi connectivity index (χ2n) is 10.3. The molecule has 194 valence electrons. The van der Waals surface area contributed by atoms with Gasteiger partial charge in [-0.2, -0.15) is 0 Å². The molecule has 8 nitrogen and oxygen atoms in total. The molecule has 7 rings (SSSR count). The number of aromatic amines is 1. The highest BCUT2D eigenvalue weighted by atomic mass is 32.1. The number of morpholine rings is 2. The lowest BCUT2D eigenvalue weighted by molar-refractivity contribution is -0.125. The molecule has 0 unspecified atom stereocenters. The van der Waals surface area contributed by atoms with E-state index in [1.807, 2.05) is 12.3 Å². The van der Waals surface area contributed by atoms with Crippen LogP contribution < -0.4 is 10.2 Å². The monoisotopic (exact) mass is 522 g/mol. The van der Waals surface area contributed by atoms with Crippen LogP contribution in [-0.4, -0.2) is 84.5 Å². The van der Waals surface area contributed by atoms with Crippen molar-refractivity contribution in [3.63, 3.8) is 0 Å². The van der Waals surface area contributed by atoms with Gasteiger partial charge in [-0.1, -0.05) is 0 Å². The number of hydrogen-bond donors (Lipinski definition) is 2. The smallest absolute Gasteiger partial charge is 0.165 e. The summed E-state index contributed by atoms with van der Waals surface area (Å²) in [5.74, 6) is 1.000. The second-order valence-corrected chi connectivity index (χ2v) is 11.4. The zero-order chi connectivity index (χ0) is 24.8. The van der Waals surface area contributed by atoms with Crippen LogP contribution in [0, 0.1) is 5.82 Å². The molecular weight excluding hydrogens is 491 g/mol. The van der Waals surface area contributed by atoms with E-state index >= 15 is 4.39 Å². The van der Waals surface area contributed by atoms with Crippen molar-refractivity contribution in [3.8, 4) is 11.4 Å². The van der Waals surface area contributed by atoms with Crippen LogP contribution in [0.4, 0.5) is 10.2 Å². The highest BCUT2D eigenvalue weighted by Crippen LogP contribution is 2.38. The van der Waals surface area contributed by atoms with E-state index in [1.54, 1.807) is 17.4 Å². The van der Waals surface area contributed by atoms with Gasteiger partial charge in [0, 0.05) is 54.7 Å². The molecule has 6 heterocycles. The molecule has 2 N–H and O–H groups in total. The Bertz CT molecular complexity index is 1420. The highest BCUT2D eigenvalue weighted by molar-refractivity contribution is 7.19. The molecule has 0 atom stereocenters. The van der Waals surface area contributed by atoms with Gasteiger partial charge in [0.25, 0.3) is 0 Å². The predicted octanol–water partition coefficient (Wildman–Crippen LogP) is 3.77. The number of aromatic nitrogens is 3. The molecule has 4 aromatic rings. The number of nitrogens with zero attached hydrogens (tertiary/aromatic N) is 4. The van der Waals surface area contributed by atoms with Crippen LogP contribution in [-0.2, 0) is 16.0 Å². The Morgan fingerprint density at radius 3 is 2.78 bits per heavy atom. The van der Waals surface area contributed by atoms with Gasteiger partial charge in [0.15, 0.2) is 11.6 Å². The SMILES string of the molecule is Fc1ccc2[nH]ccc2c1-c1nc(N2CCOCC2)c2sc(CN3CCOC4(CCNCC4)C3)cc2n1. The highest BCUT2D eigenvalue weighted by Gasteiger charge is 2.37. The zero-order valence-corrected chi connectivity index (χ0v) is 21.6. The average Bonchev–Trinajstić information content (AvgIpc) is 3.56. The van der Waals surface area contributed by atoms with E-state index in [-0.39, 0.29) is 11.4 Å². The van der Waals surface area contributed by atoms with Crippen molar-refractivity contribution in [2.24, 2.45) is 0 Å². The lowest BCUT2D eigenvalue weighted by atomic mass is 9.90. The van der Waals surface area contributed by atoms with E-state index in [1.165, 1.54) is 10.9 Å². The van der Waals surface area contributed by atoms with Crippen LogP contribution in [0.25, 0.3) is 32.5 Å². The van der Waals surface area contributed by atoms with Gasteiger partial charge < -0.3 is 24.7 Å². The first kappa shape index (κ1) is 23.5. The van der Waals surface area contributed by atoms with E-state index in [0.717, 1.165) is 92.2 Å². The summed E-state index contributed by atoms with van der Waals surface area (Å²) in [5, 5.41) is 4.25. The Balaban J connectivity index is 1.27. The zero-order valence-electron chi connectivity index (χ0n) is 20.8. The van der Waals surface area contributed by atoms with E-state index in [0.29, 0.717) is 24.6 Å². The minimum atomic E-state index is -0.310. The molecule has 0 bridgehead atoms. The number of halogens is 1. The van der Waals surface area contributed by atoms with E-state index < -0.39 is 0 Å². The van der Waals surface area contributed by atoms with Crippen molar-refractivity contribution in [1.29, 1.82) is 0 Å². The third-order valence-corrected chi connectivity index (χ3v) is 8.95. The summed E-state index contributed by atoms with van der Waals surface area (Å²) < 4.78 is 28.1. The number of nitrogens with one attached hydrogen (secondary N) is 2. The van der Waals surface area contributed by atoms with Crippen LogP contribution in [0.2, 0.25) is 0 Å². The number of piperidine rings is 1. The van der Waals surface area contributed by atoms with Gasteiger partial charge in [-0.15, -0.1) is 11.3 Å². The van der Waals surface area contributed by atoms with Gasteiger partial charge in [0.2, 0.25) is 0 Å². The minimum absolute atomic E-state index is 0.0289. The van der Waals surface area contributed by atoms with Gasteiger partial charge in [0.1, 0.15) is 5.82 Å². The molecule has 1 aromatic carbocycles. The lowest BCUT2D eigenvalue weighted by Crippen LogP contribution is -2.55. The van der Waals surface area contributed by atoms with Crippen molar-refractivity contribution in [3.05, 3.63) is 41.2 Å². The Morgan fingerprint density at radius 2 is 1.92 bits per heavy atom. The summed E-state index contributed by atoms with van der Waals surface area (Å²) in [6.07, 6.45) is 3.94. The van der Waals surface area contributed by atoms with Gasteiger partial charge >= 0.3 is 0 Å². The second kappa shape index (κ2) is 9.59. The normalized spacial score (nSPS) is 20.8. The Labute approximate surface area is 218 Å². The third kappa shape index (κ3) is 4.40. The standard InChI is InChI=1S/C27H31FN6O2S/c28-20-1-2-21-19(3-6-30-21)23(20)25-31-22-15-18(37-24(22)26(32-25)34-10-12-35-13-11-34)16-33-9-14-36-27(17-33)4-7-29-8-5-27/h1-3,6,15,29-30H,4-5,7-14,16-17H2. The molecule has 0 aliphatic carbocycles. The minimum Gasteiger partial charge on any atom is -0.378 e. The summed E-state index contributed by atoms with van der Waals surface area (Å²) in [4.78, 5) is 19.1. The topological polar surface area (TPSA) is 78.5 Å². The van der Waals surface area contributed by atoms with Crippen LogP contribution in [0.15, 0.2) is 30.5 Å². The summed E-state index contributed by atoms with van der Waals surface area (Å²) in [6, 6.07) is 7.32. The summed E-state index contributed by atoms with van der Waals surface area (Å²) in [7, 11) is 0. The number of fused-ring (bicyclic) bond motifs is 2. The first-order chi connectivity index (χ1) is 18.2. The molecular formula is C27H31FN6O2S. The molecule has 3 saturated heterocycles. The van der Waals surface area contributed by atoms with Gasteiger partial charge in [-0.3, -0.25) is 4.90 Å². The number of rotatable bonds is 4. The first-order valence-electron chi connectivity index (χ1n) is 13.1. The first-order valence-corrected chi connectivity index (χ1v) is 14.0. The van der Waals surface area contributed by atoms with Gasteiger partial charge in [-0.05, 0) is 50.2 Å². The van der Waals surface area contributed by atoms with Crippen molar-refractivity contribution < 1.29 is 13.9 Å². The molecule has 1 spiro atoms. The molecule has 0 radical (unpaired) electrons. The number of H-pyrrole nitrogens is 1. The van der Waals surface area contributed by atoms with E-state index in [4.69, 9.17) is 19.4 Å². The molecule has 3 aliphatic rings. The average molecular weight is 523 g/mol. The molecule has 3 aromatic heterocycles. The number of benzene rings is 1. The summed E-state index contributed by atoms with van der Waals surface area (Å²) in [5.41, 5.74) is 2.17. The molecule has 10 heteroatoms. The Morgan fingerprint density at radius 1 is 1.05 bits per heavy atom. The fourth-order valence-corrected chi connectivity index (χ4v) is 7.10. The summed E-state index contributed by atoms with van der Waals surface area (Å²) in [6.45, 7) is 8.38. The summed E-state index contributed by atoms with van der Waals surface area (Å²) >= 11 is 1.76. The third-order valence-electron chi connectivity index (χ3n) is 7.84. The van der Waals surface area contributed by atoms with E-state index in [2.05, 4.69) is 26.2 Å². The number of thiophene rings is 1. The van der Waals surface area contributed by atoms with Gasteiger partial charge in [0.05, 0.1) is 41.2 Å². The molecule has 3 fully saturated rings. The lowest BCUT2D eigenvalue weighted by Gasteiger charge is -2.45. The maximum absolute atomic E-state index is 15.2. The fraction of sp³-hybridized carbons (Fsp3) is 0.481. The van der Waals surface area contributed by atoms with Crippen LogP contribution in [0.1, 0.15) is 17.7 Å². The van der Waals surface area contributed by atoms with Crippen molar-refractivity contribution in [1.82, 2.24) is 25.2 Å². The predicted molar refractivity (Wildman–Crippen MR) is 144 cm³/mol. The van der Waals surface area contributed by atoms with Crippen molar-refractivity contribution >= 4 is 38.3 Å². The van der Waals surface area contributed by atoms with Crippen molar-refractivity contribution in [2.45, 2.75) is 25.0 Å². The number of anilines is 1. The number of ether oxygens (including phenoxy) is 2. The van der Waals surface area contributed by atoms with E-state index in [9.17, 15) is 0 Å². The van der Waals surface area contributed by atoms with Gasteiger partial charge in [-0.25, -0.2) is 14.4 Å². The maximum Gasteiger partial charge on any atom is 0.165 e. The largest absolute Gasteiger partial charge is 0.378 e. The quantitative estimate of drug-likeness (QED) is 0.423. The molecule has 37 heavy (non-hydrogen) atoms.